The summed E-state index contributed by atoms with van der Waals surface area (Å²) in [5.74, 6) is -0.744. The molecule has 1 aliphatic heterocycles. The summed E-state index contributed by atoms with van der Waals surface area (Å²) in [5, 5.41) is 15.9. The van der Waals surface area contributed by atoms with Crippen LogP contribution in [0.15, 0.2) is 18.6 Å². The molecule has 10 nitrogen and oxygen atoms in total. The fourth-order valence-electron chi connectivity index (χ4n) is 3.40. The van der Waals surface area contributed by atoms with Crippen LogP contribution in [0.3, 0.4) is 0 Å². The van der Waals surface area contributed by atoms with Gasteiger partial charge in [-0.2, -0.15) is 10.4 Å². The quantitative estimate of drug-likeness (QED) is 0.674. The minimum atomic E-state index is -0.705. The smallest absolute Gasteiger partial charge is 0.255 e. The third-order valence-electron chi connectivity index (χ3n) is 5.01. The van der Waals surface area contributed by atoms with Crippen molar-refractivity contribution >= 4 is 23.0 Å². The number of rotatable bonds is 4. The number of amides is 2. The molecule has 0 bridgehead atoms. The monoisotopic (exact) mass is 392 g/mol. The SMILES string of the molecule is Cc1nn(C)cc1-c1cnc2[nH]cc(C(=O)N[C@H](C)C(=O)N3CC(C#N)C3)c2n1. The van der Waals surface area contributed by atoms with E-state index in [9.17, 15) is 9.59 Å². The van der Waals surface area contributed by atoms with Crippen molar-refractivity contribution in [2.75, 3.05) is 13.1 Å². The highest BCUT2D eigenvalue weighted by Crippen LogP contribution is 2.23. The van der Waals surface area contributed by atoms with Crippen LogP contribution in [0.5, 0.6) is 0 Å². The van der Waals surface area contributed by atoms with Crippen LogP contribution in [0, 0.1) is 24.2 Å². The van der Waals surface area contributed by atoms with Crippen molar-refractivity contribution in [1.82, 2.24) is 34.9 Å². The molecule has 148 valence electrons. The number of likely N-dealkylation sites (tertiary alicyclic amines) is 1. The zero-order valence-electron chi connectivity index (χ0n) is 16.3. The van der Waals surface area contributed by atoms with E-state index in [1.165, 1.54) is 6.20 Å². The predicted molar refractivity (Wildman–Crippen MR) is 103 cm³/mol. The number of carbonyl (C=O) groups excluding carboxylic acids is 2. The molecule has 0 aromatic carbocycles. The second kappa shape index (κ2) is 7.01. The van der Waals surface area contributed by atoms with Crippen molar-refractivity contribution in [3.8, 4) is 17.3 Å². The normalized spacial score (nSPS) is 15.0. The molecule has 1 aliphatic rings. The van der Waals surface area contributed by atoms with Crippen LogP contribution in [-0.4, -0.2) is 60.6 Å². The van der Waals surface area contributed by atoms with Crippen molar-refractivity contribution in [2.24, 2.45) is 13.0 Å². The van der Waals surface area contributed by atoms with Gasteiger partial charge in [-0.15, -0.1) is 0 Å². The Hall–Kier alpha value is -3.74. The minimum Gasteiger partial charge on any atom is -0.344 e. The number of hydrogen-bond donors (Lipinski definition) is 2. The van der Waals surface area contributed by atoms with Gasteiger partial charge >= 0.3 is 0 Å². The molecule has 10 heteroatoms. The van der Waals surface area contributed by atoms with Gasteiger partial charge in [0.05, 0.1) is 35.1 Å². The molecule has 1 fully saturated rings. The number of H-pyrrole nitrogens is 1. The lowest BCUT2D eigenvalue weighted by molar-refractivity contribution is -0.137. The fraction of sp³-hybridized carbons (Fsp3) is 0.368. The lowest BCUT2D eigenvalue weighted by atomic mass is 10.0. The molecule has 3 aromatic heterocycles. The molecular weight excluding hydrogens is 372 g/mol. The number of fused-ring (bicyclic) bond motifs is 1. The summed E-state index contributed by atoms with van der Waals surface area (Å²) in [6.07, 6.45) is 5.01. The van der Waals surface area contributed by atoms with Crippen molar-refractivity contribution in [3.05, 3.63) is 29.8 Å². The van der Waals surface area contributed by atoms with E-state index in [2.05, 4.69) is 31.4 Å². The summed E-state index contributed by atoms with van der Waals surface area (Å²) in [6.45, 7) is 4.32. The molecule has 1 atom stereocenters. The van der Waals surface area contributed by atoms with Crippen LogP contribution in [0.4, 0.5) is 0 Å². The number of carbonyl (C=O) groups is 2. The van der Waals surface area contributed by atoms with E-state index in [1.807, 2.05) is 20.2 Å². The third-order valence-corrected chi connectivity index (χ3v) is 5.01. The van der Waals surface area contributed by atoms with Gasteiger partial charge in [-0.3, -0.25) is 14.3 Å². The molecule has 1 saturated heterocycles. The van der Waals surface area contributed by atoms with Gasteiger partial charge in [-0.25, -0.2) is 9.97 Å². The molecule has 2 amide bonds. The van der Waals surface area contributed by atoms with E-state index >= 15 is 0 Å². The Kier molecular flexibility index (Phi) is 4.50. The topological polar surface area (TPSA) is 133 Å². The Morgan fingerprint density at radius 1 is 1.41 bits per heavy atom. The fourth-order valence-corrected chi connectivity index (χ4v) is 3.40. The Morgan fingerprint density at radius 3 is 2.83 bits per heavy atom. The lowest BCUT2D eigenvalue weighted by Crippen LogP contribution is -2.55. The molecular formula is C19H20N8O2. The lowest BCUT2D eigenvalue weighted by Gasteiger charge is -2.37. The predicted octanol–water partition coefficient (Wildman–Crippen LogP) is 0.767. The van der Waals surface area contributed by atoms with Crippen molar-refractivity contribution in [1.29, 1.82) is 5.26 Å². The van der Waals surface area contributed by atoms with Crippen LogP contribution in [0.2, 0.25) is 0 Å². The summed E-state index contributed by atoms with van der Waals surface area (Å²) in [7, 11) is 1.83. The first-order valence-corrected chi connectivity index (χ1v) is 9.21. The van der Waals surface area contributed by atoms with Crippen molar-refractivity contribution in [3.63, 3.8) is 0 Å². The number of aromatic nitrogens is 5. The summed E-state index contributed by atoms with van der Waals surface area (Å²) in [4.78, 5) is 38.6. The molecule has 0 aliphatic carbocycles. The molecule has 29 heavy (non-hydrogen) atoms. The van der Waals surface area contributed by atoms with Crippen LogP contribution < -0.4 is 5.32 Å². The first-order valence-electron chi connectivity index (χ1n) is 9.21. The van der Waals surface area contributed by atoms with Gasteiger partial charge < -0.3 is 15.2 Å². The summed E-state index contributed by atoms with van der Waals surface area (Å²) < 4.78 is 1.70. The molecule has 4 rings (SSSR count). The van der Waals surface area contributed by atoms with Crippen LogP contribution in [0.25, 0.3) is 22.4 Å². The zero-order chi connectivity index (χ0) is 20.7. The first-order chi connectivity index (χ1) is 13.9. The zero-order valence-corrected chi connectivity index (χ0v) is 16.3. The number of hydrogen-bond acceptors (Lipinski definition) is 6. The summed E-state index contributed by atoms with van der Waals surface area (Å²) >= 11 is 0. The minimum absolute atomic E-state index is 0.125. The molecule has 0 radical (unpaired) electrons. The van der Waals surface area contributed by atoms with Crippen LogP contribution in [0.1, 0.15) is 23.0 Å². The highest BCUT2D eigenvalue weighted by atomic mass is 16.2. The average Bonchev–Trinajstić information content (AvgIpc) is 3.22. The summed E-state index contributed by atoms with van der Waals surface area (Å²) in [5.41, 5.74) is 3.49. The van der Waals surface area contributed by atoms with Gasteiger partial charge in [0, 0.05) is 38.1 Å². The van der Waals surface area contributed by atoms with Gasteiger partial charge in [0.25, 0.3) is 5.91 Å². The number of nitriles is 1. The first kappa shape index (κ1) is 18.6. The van der Waals surface area contributed by atoms with Gasteiger partial charge in [0.1, 0.15) is 11.6 Å². The maximum absolute atomic E-state index is 12.8. The van der Waals surface area contributed by atoms with Crippen LogP contribution >= 0.6 is 0 Å². The Labute approximate surface area is 166 Å². The van der Waals surface area contributed by atoms with E-state index < -0.39 is 11.9 Å². The third kappa shape index (κ3) is 3.31. The van der Waals surface area contributed by atoms with Crippen molar-refractivity contribution < 1.29 is 9.59 Å². The molecule has 0 saturated carbocycles. The Morgan fingerprint density at radius 2 is 2.17 bits per heavy atom. The van der Waals surface area contributed by atoms with E-state index in [-0.39, 0.29) is 11.8 Å². The number of nitrogens with zero attached hydrogens (tertiary/aromatic N) is 6. The van der Waals surface area contributed by atoms with Gasteiger partial charge in [-0.05, 0) is 13.8 Å². The Bertz CT molecular complexity index is 1150. The van der Waals surface area contributed by atoms with E-state index in [4.69, 9.17) is 5.26 Å². The standard InChI is InChI=1S/C19H20N8O2/c1-10-14(9-26(3)25-10)15-6-22-17-16(24-15)13(5-21-17)18(28)23-11(2)19(29)27-7-12(4-20)8-27/h5-6,9,11-12H,7-8H2,1-3H3,(H,21,22)(H,23,28)/t11-/m1/s1. The molecule has 0 spiro atoms. The average molecular weight is 392 g/mol. The Balaban J connectivity index is 1.55. The van der Waals surface area contributed by atoms with Crippen molar-refractivity contribution in [2.45, 2.75) is 19.9 Å². The van der Waals surface area contributed by atoms with E-state index in [0.717, 1.165) is 11.3 Å². The highest BCUT2D eigenvalue weighted by Gasteiger charge is 2.33. The summed E-state index contributed by atoms with van der Waals surface area (Å²) in [6, 6.07) is 1.42. The maximum atomic E-state index is 12.8. The second-order valence-electron chi connectivity index (χ2n) is 7.22. The number of aromatic amines is 1. The van der Waals surface area contributed by atoms with Gasteiger partial charge in [-0.1, -0.05) is 0 Å². The molecule has 4 heterocycles. The highest BCUT2D eigenvalue weighted by molar-refractivity contribution is 6.06. The molecule has 3 aromatic rings. The van der Waals surface area contributed by atoms with E-state index in [0.29, 0.717) is 35.5 Å². The second-order valence-corrected chi connectivity index (χ2v) is 7.22. The number of aryl methyl sites for hydroxylation is 2. The largest absolute Gasteiger partial charge is 0.344 e. The molecule has 0 unspecified atom stereocenters. The van der Waals surface area contributed by atoms with Gasteiger partial charge in [0.15, 0.2) is 5.65 Å². The van der Waals surface area contributed by atoms with Crippen LogP contribution in [-0.2, 0) is 11.8 Å². The number of nitrogens with one attached hydrogen (secondary N) is 2. The van der Waals surface area contributed by atoms with Gasteiger partial charge in [0.2, 0.25) is 5.91 Å². The molecule has 2 N–H and O–H groups in total. The maximum Gasteiger partial charge on any atom is 0.255 e. The van der Waals surface area contributed by atoms with E-state index in [1.54, 1.807) is 22.7 Å².